The first-order valence-corrected chi connectivity index (χ1v) is 9.41. The van der Waals surface area contributed by atoms with Gasteiger partial charge in [-0.2, -0.15) is 11.8 Å². The summed E-state index contributed by atoms with van der Waals surface area (Å²) in [5.74, 6) is 1.13. The van der Waals surface area contributed by atoms with Gasteiger partial charge in [0.15, 0.2) is 0 Å². The smallest absolute Gasteiger partial charge is 0.241 e. The van der Waals surface area contributed by atoms with Gasteiger partial charge in [-0.25, -0.2) is 13.1 Å². The number of nitrogens with two attached hydrogens (primary N) is 1. The topological polar surface area (TPSA) is 72.2 Å². The first-order chi connectivity index (χ1) is 9.40. The minimum absolute atomic E-state index is 0.368. The Labute approximate surface area is 125 Å². The molecular weight excluding hydrogens is 292 g/mol. The summed E-state index contributed by atoms with van der Waals surface area (Å²) in [6.07, 6.45) is 3.52. The van der Waals surface area contributed by atoms with Crippen LogP contribution in [0.4, 0.5) is 5.69 Å². The maximum atomic E-state index is 12.5. The Morgan fingerprint density at radius 2 is 1.95 bits per heavy atom. The molecular formula is C14H22N2O2S2. The zero-order chi connectivity index (χ0) is 14.8. The number of rotatable bonds is 4. The van der Waals surface area contributed by atoms with Gasteiger partial charge < -0.3 is 5.73 Å². The Morgan fingerprint density at radius 1 is 1.30 bits per heavy atom. The van der Waals surface area contributed by atoms with E-state index in [0.29, 0.717) is 33.5 Å². The summed E-state index contributed by atoms with van der Waals surface area (Å²) < 4.78 is 27.7. The lowest BCUT2D eigenvalue weighted by Crippen LogP contribution is -2.32. The van der Waals surface area contributed by atoms with Gasteiger partial charge in [-0.15, -0.1) is 0 Å². The van der Waals surface area contributed by atoms with Crippen molar-refractivity contribution in [2.75, 3.05) is 18.0 Å². The number of anilines is 1. The van der Waals surface area contributed by atoms with E-state index in [4.69, 9.17) is 5.73 Å². The van der Waals surface area contributed by atoms with E-state index in [0.717, 1.165) is 12.2 Å². The molecule has 4 nitrogen and oxygen atoms in total. The maximum Gasteiger partial charge on any atom is 0.241 e. The van der Waals surface area contributed by atoms with Crippen LogP contribution >= 0.6 is 11.8 Å². The Hall–Kier alpha value is -0.720. The standard InChI is InChI=1S/C14H22N2O2S2/c1-10-7-12(15)8-11(2)14(10)20(17,18)16-9-13-5-3-4-6-19-13/h7-8,13,16H,3-6,9,15H2,1-2H3. The minimum Gasteiger partial charge on any atom is -0.399 e. The summed E-state index contributed by atoms with van der Waals surface area (Å²) in [4.78, 5) is 0.368. The van der Waals surface area contributed by atoms with E-state index in [9.17, 15) is 8.42 Å². The van der Waals surface area contributed by atoms with E-state index >= 15 is 0 Å². The fourth-order valence-electron chi connectivity index (χ4n) is 2.65. The molecule has 0 aromatic heterocycles. The molecule has 1 saturated heterocycles. The van der Waals surface area contributed by atoms with Crippen LogP contribution in [0.3, 0.4) is 0 Å². The van der Waals surface area contributed by atoms with Crippen molar-refractivity contribution < 1.29 is 8.42 Å². The van der Waals surface area contributed by atoms with Gasteiger partial charge in [-0.05, 0) is 55.7 Å². The molecule has 1 heterocycles. The number of benzene rings is 1. The molecule has 0 aliphatic carbocycles. The SMILES string of the molecule is Cc1cc(N)cc(C)c1S(=O)(=O)NCC1CCCCS1. The first-order valence-electron chi connectivity index (χ1n) is 6.88. The van der Waals surface area contributed by atoms with Gasteiger partial charge in [-0.3, -0.25) is 0 Å². The number of thioether (sulfide) groups is 1. The lowest BCUT2D eigenvalue weighted by Gasteiger charge is -2.22. The van der Waals surface area contributed by atoms with Crippen molar-refractivity contribution >= 4 is 27.5 Å². The predicted molar refractivity (Wildman–Crippen MR) is 85.6 cm³/mol. The van der Waals surface area contributed by atoms with Crippen LogP contribution in [0.25, 0.3) is 0 Å². The molecule has 112 valence electrons. The average molecular weight is 314 g/mol. The Kier molecular flexibility index (Phi) is 4.99. The van der Waals surface area contributed by atoms with Gasteiger partial charge in [0.25, 0.3) is 0 Å². The highest BCUT2D eigenvalue weighted by molar-refractivity contribution is 8.00. The van der Waals surface area contributed by atoms with Crippen molar-refractivity contribution in [3.63, 3.8) is 0 Å². The third-order valence-corrected chi connectivity index (χ3v) is 6.65. The molecule has 1 aliphatic rings. The van der Waals surface area contributed by atoms with Crippen molar-refractivity contribution in [1.82, 2.24) is 4.72 Å². The fourth-order valence-corrected chi connectivity index (χ4v) is 5.53. The van der Waals surface area contributed by atoms with Crippen molar-refractivity contribution in [2.45, 2.75) is 43.3 Å². The monoisotopic (exact) mass is 314 g/mol. The molecule has 1 unspecified atom stereocenters. The highest BCUT2D eigenvalue weighted by Gasteiger charge is 2.22. The van der Waals surface area contributed by atoms with Gasteiger partial charge in [-0.1, -0.05) is 6.42 Å². The molecule has 2 rings (SSSR count). The highest BCUT2D eigenvalue weighted by Crippen LogP contribution is 2.26. The molecule has 20 heavy (non-hydrogen) atoms. The van der Waals surface area contributed by atoms with Crippen LogP contribution in [0.1, 0.15) is 30.4 Å². The van der Waals surface area contributed by atoms with Gasteiger partial charge in [0, 0.05) is 17.5 Å². The number of nitrogens with one attached hydrogen (secondary N) is 1. The third kappa shape index (κ3) is 3.68. The fraction of sp³-hybridized carbons (Fsp3) is 0.571. The molecule has 0 radical (unpaired) electrons. The lowest BCUT2D eigenvalue weighted by atomic mass is 10.1. The summed E-state index contributed by atoms with van der Waals surface area (Å²) >= 11 is 1.86. The molecule has 1 atom stereocenters. The molecule has 1 aromatic carbocycles. The van der Waals surface area contributed by atoms with Crippen molar-refractivity contribution in [3.8, 4) is 0 Å². The zero-order valence-corrected chi connectivity index (χ0v) is 13.6. The molecule has 1 aromatic rings. The molecule has 1 aliphatic heterocycles. The molecule has 0 amide bonds. The summed E-state index contributed by atoms with van der Waals surface area (Å²) in [6, 6.07) is 3.41. The van der Waals surface area contributed by atoms with E-state index in [2.05, 4.69) is 4.72 Å². The summed E-state index contributed by atoms with van der Waals surface area (Å²) in [5, 5.41) is 0.396. The van der Waals surface area contributed by atoms with Crippen molar-refractivity contribution in [1.29, 1.82) is 0 Å². The second-order valence-electron chi connectivity index (χ2n) is 5.32. The van der Waals surface area contributed by atoms with E-state index in [1.54, 1.807) is 26.0 Å². The van der Waals surface area contributed by atoms with Gasteiger partial charge in [0.1, 0.15) is 0 Å². The highest BCUT2D eigenvalue weighted by atomic mass is 32.2. The molecule has 3 N–H and O–H groups in total. The van der Waals surface area contributed by atoms with Crippen molar-refractivity contribution in [3.05, 3.63) is 23.3 Å². The van der Waals surface area contributed by atoms with Crippen LogP contribution in [0, 0.1) is 13.8 Å². The Morgan fingerprint density at radius 3 is 2.50 bits per heavy atom. The number of sulfonamides is 1. The Balaban J connectivity index is 2.14. The van der Waals surface area contributed by atoms with Gasteiger partial charge >= 0.3 is 0 Å². The minimum atomic E-state index is -3.46. The van der Waals surface area contributed by atoms with Crippen LogP contribution in [0.2, 0.25) is 0 Å². The number of nitrogen functional groups attached to an aromatic ring is 1. The Bertz CT molecular complexity index is 556. The van der Waals surface area contributed by atoms with Crippen LogP contribution in [0.5, 0.6) is 0 Å². The second kappa shape index (κ2) is 6.37. The average Bonchev–Trinajstić information content (AvgIpc) is 2.36. The molecule has 0 saturated carbocycles. The largest absolute Gasteiger partial charge is 0.399 e. The van der Waals surface area contributed by atoms with Gasteiger partial charge in [0.2, 0.25) is 10.0 Å². The maximum absolute atomic E-state index is 12.5. The quantitative estimate of drug-likeness (QED) is 0.837. The first kappa shape index (κ1) is 15.7. The third-order valence-electron chi connectivity index (χ3n) is 3.53. The van der Waals surface area contributed by atoms with E-state index in [1.165, 1.54) is 12.8 Å². The van der Waals surface area contributed by atoms with Crippen LogP contribution in [0.15, 0.2) is 17.0 Å². The number of aryl methyl sites for hydroxylation is 2. The van der Waals surface area contributed by atoms with E-state index < -0.39 is 10.0 Å². The van der Waals surface area contributed by atoms with Crippen molar-refractivity contribution in [2.24, 2.45) is 0 Å². The second-order valence-corrected chi connectivity index (χ2v) is 8.44. The number of hydrogen-bond acceptors (Lipinski definition) is 4. The van der Waals surface area contributed by atoms with Crippen LogP contribution in [-0.2, 0) is 10.0 Å². The summed E-state index contributed by atoms with van der Waals surface area (Å²) in [5.41, 5.74) is 7.74. The van der Waals surface area contributed by atoms with Gasteiger partial charge in [0.05, 0.1) is 4.90 Å². The number of hydrogen-bond donors (Lipinski definition) is 2. The summed E-state index contributed by atoms with van der Waals surface area (Å²) in [7, 11) is -3.46. The van der Waals surface area contributed by atoms with E-state index in [-0.39, 0.29) is 0 Å². The zero-order valence-electron chi connectivity index (χ0n) is 12.0. The summed E-state index contributed by atoms with van der Waals surface area (Å²) in [6.45, 7) is 4.08. The molecule has 0 bridgehead atoms. The normalized spacial score (nSPS) is 20.0. The molecule has 1 fully saturated rings. The molecule has 0 spiro atoms. The van der Waals surface area contributed by atoms with Crippen LogP contribution in [-0.4, -0.2) is 26.0 Å². The van der Waals surface area contributed by atoms with E-state index in [1.807, 2.05) is 11.8 Å². The lowest BCUT2D eigenvalue weighted by molar-refractivity contribution is 0.572. The predicted octanol–water partition coefficient (Wildman–Crippen LogP) is 2.45. The van der Waals surface area contributed by atoms with Crippen LogP contribution < -0.4 is 10.5 Å². The molecule has 6 heteroatoms.